The number of amides is 1. The molecule has 114 valence electrons. The first kappa shape index (κ1) is 14.3. The normalized spacial score (nSPS) is 22.3. The van der Waals surface area contributed by atoms with Crippen LogP contribution in [0.2, 0.25) is 0 Å². The van der Waals surface area contributed by atoms with E-state index in [0.29, 0.717) is 6.54 Å². The van der Waals surface area contributed by atoms with Crippen molar-refractivity contribution in [3.63, 3.8) is 0 Å². The molecule has 0 unspecified atom stereocenters. The fourth-order valence-corrected chi connectivity index (χ4v) is 2.72. The van der Waals surface area contributed by atoms with Gasteiger partial charge < -0.3 is 20.3 Å². The first-order valence-electron chi connectivity index (χ1n) is 7.61. The van der Waals surface area contributed by atoms with Crippen LogP contribution >= 0.6 is 0 Å². The Balaban J connectivity index is 1.50. The van der Waals surface area contributed by atoms with Crippen LogP contribution in [0.15, 0.2) is 18.3 Å². The van der Waals surface area contributed by atoms with Crippen LogP contribution in [0.25, 0.3) is 0 Å². The molecule has 6 nitrogen and oxygen atoms in total. The van der Waals surface area contributed by atoms with E-state index in [0.717, 1.165) is 57.1 Å². The molecule has 6 heteroatoms. The van der Waals surface area contributed by atoms with Crippen LogP contribution in [0.5, 0.6) is 0 Å². The van der Waals surface area contributed by atoms with Gasteiger partial charge in [0.25, 0.3) is 0 Å². The van der Waals surface area contributed by atoms with Crippen LogP contribution in [0.4, 0.5) is 5.82 Å². The van der Waals surface area contributed by atoms with Gasteiger partial charge in [-0.2, -0.15) is 0 Å². The third-order valence-electron chi connectivity index (χ3n) is 3.99. The lowest BCUT2D eigenvalue weighted by Gasteiger charge is -2.27. The molecule has 2 aliphatic heterocycles. The molecule has 0 aliphatic carbocycles. The van der Waals surface area contributed by atoms with Gasteiger partial charge in [-0.05, 0) is 31.0 Å². The number of aromatic nitrogens is 1. The van der Waals surface area contributed by atoms with E-state index in [1.54, 1.807) is 0 Å². The number of carbonyl (C=O) groups excluding carboxylic acids is 1. The number of anilines is 1. The van der Waals surface area contributed by atoms with Crippen molar-refractivity contribution in [1.29, 1.82) is 0 Å². The predicted molar refractivity (Wildman–Crippen MR) is 80.1 cm³/mol. The molecule has 0 spiro atoms. The minimum atomic E-state index is -0.0226. The van der Waals surface area contributed by atoms with Crippen LogP contribution < -0.4 is 15.5 Å². The zero-order valence-electron chi connectivity index (χ0n) is 12.2. The van der Waals surface area contributed by atoms with Gasteiger partial charge in [-0.25, -0.2) is 4.98 Å². The maximum Gasteiger partial charge on any atom is 0.237 e. The van der Waals surface area contributed by atoms with Gasteiger partial charge in [0, 0.05) is 25.8 Å². The second-order valence-corrected chi connectivity index (χ2v) is 5.49. The van der Waals surface area contributed by atoms with Crippen molar-refractivity contribution in [3.05, 3.63) is 23.9 Å². The van der Waals surface area contributed by atoms with E-state index < -0.39 is 0 Å². The maximum absolute atomic E-state index is 11.9. The fraction of sp³-hybridized carbons (Fsp3) is 0.600. The van der Waals surface area contributed by atoms with Crippen LogP contribution in [-0.2, 0) is 16.1 Å². The summed E-state index contributed by atoms with van der Waals surface area (Å²) in [5, 5.41) is 6.16. The number of carbonyl (C=O) groups is 1. The summed E-state index contributed by atoms with van der Waals surface area (Å²) in [7, 11) is 0. The number of rotatable bonds is 4. The van der Waals surface area contributed by atoms with Gasteiger partial charge in [0.05, 0.1) is 19.3 Å². The quantitative estimate of drug-likeness (QED) is 0.834. The zero-order chi connectivity index (χ0) is 14.5. The molecule has 3 rings (SSSR count). The largest absolute Gasteiger partial charge is 0.378 e. The first-order valence-corrected chi connectivity index (χ1v) is 7.61. The van der Waals surface area contributed by atoms with Gasteiger partial charge in [-0.1, -0.05) is 6.07 Å². The van der Waals surface area contributed by atoms with E-state index >= 15 is 0 Å². The molecule has 1 amide bonds. The molecule has 2 aliphatic rings. The van der Waals surface area contributed by atoms with Crippen molar-refractivity contribution >= 4 is 11.7 Å². The molecule has 0 radical (unpaired) electrons. The number of hydrogen-bond acceptors (Lipinski definition) is 5. The Morgan fingerprint density at radius 3 is 2.95 bits per heavy atom. The highest BCUT2D eigenvalue weighted by Gasteiger charge is 2.21. The summed E-state index contributed by atoms with van der Waals surface area (Å²) >= 11 is 0. The fourth-order valence-electron chi connectivity index (χ4n) is 2.72. The average Bonchev–Trinajstić information content (AvgIpc) is 3.08. The van der Waals surface area contributed by atoms with E-state index in [4.69, 9.17) is 4.74 Å². The molecular weight excluding hydrogens is 268 g/mol. The lowest BCUT2D eigenvalue weighted by Crippen LogP contribution is -2.40. The molecule has 2 fully saturated rings. The third kappa shape index (κ3) is 3.71. The van der Waals surface area contributed by atoms with Crippen LogP contribution in [-0.4, -0.2) is 49.8 Å². The SMILES string of the molecule is O=C(NCc1ccc(N2CCOCC2)nc1)[C@H]1CCCN1. The Morgan fingerprint density at radius 2 is 2.29 bits per heavy atom. The monoisotopic (exact) mass is 290 g/mol. The number of pyridine rings is 1. The summed E-state index contributed by atoms with van der Waals surface area (Å²) in [6, 6.07) is 4.02. The summed E-state index contributed by atoms with van der Waals surface area (Å²) in [5.41, 5.74) is 1.03. The molecular formula is C15H22N4O2. The minimum Gasteiger partial charge on any atom is -0.378 e. The highest BCUT2D eigenvalue weighted by Crippen LogP contribution is 2.13. The molecule has 21 heavy (non-hydrogen) atoms. The van der Waals surface area contributed by atoms with Crippen molar-refractivity contribution in [2.24, 2.45) is 0 Å². The molecule has 1 aromatic rings. The predicted octanol–water partition coefficient (Wildman–Crippen LogP) is 0.286. The van der Waals surface area contributed by atoms with E-state index in [1.165, 1.54) is 0 Å². The Hall–Kier alpha value is -1.66. The topological polar surface area (TPSA) is 66.5 Å². The van der Waals surface area contributed by atoms with E-state index in [9.17, 15) is 4.79 Å². The van der Waals surface area contributed by atoms with Crippen LogP contribution in [0.1, 0.15) is 18.4 Å². The Bertz CT molecular complexity index is 465. The summed E-state index contributed by atoms with van der Waals surface area (Å²) in [4.78, 5) is 18.6. The molecule has 3 heterocycles. The second-order valence-electron chi connectivity index (χ2n) is 5.49. The average molecular weight is 290 g/mol. The van der Waals surface area contributed by atoms with Gasteiger partial charge in [0.2, 0.25) is 5.91 Å². The zero-order valence-corrected chi connectivity index (χ0v) is 12.2. The van der Waals surface area contributed by atoms with Crippen molar-refractivity contribution in [1.82, 2.24) is 15.6 Å². The second kappa shape index (κ2) is 6.87. The molecule has 1 atom stereocenters. The van der Waals surface area contributed by atoms with Crippen molar-refractivity contribution in [2.45, 2.75) is 25.4 Å². The van der Waals surface area contributed by atoms with Gasteiger partial charge in [-0.3, -0.25) is 4.79 Å². The third-order valence-corrected chi connectivity index (χ3v) is 3.99. The number of ether oxygens (including phenoxy) is 1. The van der Waals surface area contributed by atoms with E-state index in [2.05, 4.69) is 20.5 Å². The molecule has 1 aromatic heterocycles. The Morgan fingerprint density at radius 1 is 1.43 bits per heavy atom. The van der Waals surface area contributed by atoms with Crippen molar-refractivity contribution in [2.75, 3.05) is 37.7 Å². The molecule has 2 N–H and O–H groups in total. The molecule has 2 saturated heterocycles. The molecule has 0 bridgehead atoms. The highest BCUT2D eigenvalue weighted by atomic mass is 16.5. The van der Waals surface area contributed by atoms with Gasteiger partial charge in [0.15, 0.2) is 0 Å². The lowest BCUT2D eigenvalue weighted by molar-refractivity contribution is -0.122. The molecule has 0 saturated carbocycles. The van der Waals surface area contributed by atoms with Gasteiger partial charge in [0.1, 0.15) is 5.82 Å². The summed E-state index contributed by atoms with van der Waals surface area (Å²) in [5.74, 6) is 1.07. The maximum atomic E-state index is 11.9. The van der Waals surface area contributed by atoms with Crippen LogP contribution in [0, 0.1) is 0 Å². The minimum absolute atomic E-state index is 0.0226. The Labute approximate surface area is 124 Å². The lowest BCUT2D eigenvalue weighted by atomic mass is 10.2. The van der Waals surface area contributed by atoms with Crippen LogP contribution in [0.3, 0.4) is 0 Å². The van der Waals surface area contributed by atoms with Gasteiger partial charge >= 0.3 is 0 Å². The Kier molecular flexibility index (Phi) is 4.67. The summed E-state index contributed by atoms with van der Waals surface area (Å²) < 4.78 is 5.34. The summed E-state index contributed by atoms with van der Waals surface area (Å²) in [6.07, 6.45) is 3.85. The number of hydrogen-bond donors (Lipinski definition) is 2. The van der Waals surface area contributed by atoms with Crippen molar-refractivity contribution < 1.29 is 9.53 Å². The number of morpholine rings is 1. The van der Waals surface area contributed by atoms with Crippen molar-refractivity contribution in [3.8, 4) is 0 Å². The standard InChI is InChI=1S/C15H22N4O2/c20-15(13-2-1-5-16-13)18-11-12-3-4-14(17-10-12)19-6-8-21-9-7-19/h3-4,10,13,16H,1-2,5-9,11H2,(H,18,20)/t13-/m1/s1. The smallest absolute Gasteiger partial charge is 0.237 e. The van der Waals surface area contributed by atoms with E-state index in [1.807, 2.05) is 18.3 Å². The number of nitrogens with zero attached hydrogens (tertiary/aromatic N) is 2. The first-order chi connectivity index (χ1) is 10.3. The highest BCUT2D eigenvalue weighted by molar-refractivity contribution is 5.81. The van der Waals surface area contributed by atoms with E-state index in [-0.39, 0.29) is 11.9 Å². The van der Waals surface area contributed by atoms with Gasteiger partial charge in [-0.15, -0.1) is 0 Å². The number of nitrogens with one attached hydrogen (secondary N) is 2. The summed E-state index contributed by atoms with van der Waals surface area (Å²) in [6.45, 7) is 4.76. The molecule has 0 aromatic carbocycles.